The number of nitrogens with zero attached hydrogens (tertiary/aromatic N) is 2. The van der Waals surface area contributed by atoms with Crippen LogP contribution in [0.5, 0.6) is 0 Å². The molecule has 1 fully saturated rings. The van der Waals surface area contributed by atoms with Crippen molar-refractivity contribution in [2.45, 2.75) is 0 Å². The number of fused-ring (bicyclic) bond motifs is 1. The highest BCUT2D eigenvalue weighted by Crippen LogP contribution is 2.26. The van der Waals surface area contributed by atoms with Gasteiger partial charge in [-0.05, 0) is 25.2 Å². The van der Waals surface area contributed by atoms with Crippen molar-refractivity contribution in [3.63, 3.8) is 0 Å². The molecule has 16 heavy (non-hydrogen) atoms. The number of aromatic amines is 1. The first-order chi connectivity index (χ1) is 7.84. The van der Waals surface area contributed by atoms with Gasteiger partial charge in [0.15, 0.2) is 0 Å². The summed E-state index contributed by atoms with van der Waals surface area (Å²) in [6.07, 6.45) is 2.02. The number of likely N-dealkylation sites (N-methyl/N-ethyl adjacent to an activating group) is 1. The van der Waals surface area contributed by atoms with Crippen LogP contribution in [0.4, 0.5) is 5.69 Å². The molecule has 0 amide bonds. The van der Waals surface area contributed by atoms with Crippen LogP contribution in [0.1, 0.15) is 0 Å². The second-order valence-corrected chi connectivity index (χ2v) is 4.51. The molecular weight excluding hydrogens is 198 g/mol. The number of aromatic nitrogens is 1. The quantitative estimate of drug-likeness (QED) is 0.785. The highest BCUT2D eigenvalue weighted by molar-refractivity contribution is 5.92. The average Bonchev–Trinajstić information content (AvgIpc) is 2.78. The zero-order valence-electron chi connectivity index (χ0n) is 9.61. The van der Waals surface area contributed by atoms with Crippen molar-refractivity contribution in [1.82, 2.24) is 9.88 Å². The molecule has 1 saturated heterocycles. The molecule has 1 aromatic carbocycles. The summed E-state index contributed by atoms with van der Waals surface area (Å²) in [5, 5.41) is 1.34. The first-order valence-electron chi connectivity index (χ1n) is 5.84. The van der Waals surface area contributed by atoms with Gasteiger partial charge in [0.05, 0.1) is 0 Å². The lowest BCUT2D eigenvalue weighted by atomic mass is 10.2. The van der Waals surface area contributed by atoms with Crippen LogP contribution >= 0.6 is 0 Å². The van der Waals surface area contributed by atoms with Crippen molar-refractivity contribution in [2.24, 2.45) is 0 Å². The molecule has 1 aliphatic heterocycles. The Morgan fingerprint density at radius 1 is 1.06 bits per heavy atom. The Hall–Kier alpha value is -1.48. The zero-order valence-corrected chi connectivity index (χ0v) is 9.61. The van der Waals surface area contributed by atoms with Crippen molar-refractivity contribution in [3.8, 4) is 0 Å². The lowest BCUT2D eigenvalue weighted by Gasteiger charge is -2.34. The molecule has 3 rings (SSSR count). The maximum atomic E-state index is 3.27. The lowest BCUT2D eigenvalue weighted by Crippen LogP contribution is -2.44. The van der Waals surface area contributed by atoms with Crippen molar-refractivity contribution in [1.29, 1.82) is 0 Å². The normalized spacial score (nSPS) is 18.2. The minimum atomic E-state index is 1.13. The number of hydrogen-bond acceptors (Lipinski definition) is 2. The Morgan fingerprint density at radius 2 is 1.88 bits per heavy atom. The van der Waals surface area contributed by atoms with Gasteiger partial charge in [-0.3, -0.25) is 0 Å². The van der Waals surface area contributed by atoms with Crippen LogP contribution in [0.25, 0.3) is 10.9 Å². The second-order valence-electron chi connectivity index (χ2n) is 4.51. The monoisotopic (exact) mass is 215 g/mol. The molecule has 1 aromatic heterocycles. The Labute approximate surface area is 95.7 Å². The van der Waals surface area contributed by atoms with Gasteiger partial charge in [0.2, 0.25) is 0 Å². The number of H-pyrrole nitrogens is 1. The smallest absolute Gasteiger partial charge is 0.0474 e. The van der Waals surface area contributed by atoms with E-state index in [-0.39, 0.29) is 0 Å². The Morgan fingerprint density at radius 3 is 2.69 bits per heavy atom. The van der Waals surface area contributed by atoms with Gasteiger partial charge in [0, 0.05) is 49.0 Å². The lowest BCUT2D eigenvalue weighted by molar-refractivity contribution is 0.313. The van der Waals surface area contributed by atoms with E-state index in [1.807, 2.05) is 6.20 Å². The highest BCUT2D eigenvalue weighted by atomic mass is 15.2. The minimum absolute atomic E-state index is 1.13. The predicted octanol–water partition coefficient (Wildman–Crippen LogP) is 1.92. The molecule has 84 valence electrons. The van der Waals surface area contributed by atoms with Crippen molar-refractivity contribution >= 4 is 16.6 Å². The van der Waals surface area contributed by atoms with Gasteiger partial charge in [0.1, 0.15) is 0 Å². The van der Waals surface area contributed by atoms with E-state index in [0.29, 0.717) is 0 Å². The molecule has 2 aromatic rings. The summed E-state index contributed by atoms with van der Waals surface area (Å²) in [5.41, 5.74) is 2.60. The second kappa shape index (κ2) is 3.83. The number of nitrogens with one attached hydrogen (secondary N) is 1. The average molecular weight is 215 g/mol. The molecule has 0 saturated carbocycles. The summed E-state index contributed by atoms with van der Waals surface area (Å²) < 4.78 is 0. The standard InChI is InChI=1S/C13H17N3/c1-15-7-9-16(10-8-15)13-4-2-3-12-11(13)5-6-14-12/h2-6,14H,7-10H2,1H3. The van der Waals surface area contributed by atoms with Crippen LogP contribution < -0.4 is 4.90 Å². The Balaban J connectivity index is 1.96. The highest BCUT2D eigenvalue weighted by Gasteiger charge is 2.15. The Bertz CT molecular complexity index is 481. The maximum Gasteiger partial charge on any atom is 0.0474 e. The van der Waals surface area contributed by atoms with Crippen molar-refractivity contribution in [2.75, 3.05) is 38.1 Å². The van der Waals surface area contributed by atoms with Crippen LogP contribution in [0, 0.1) is 0 Å². The summed E-state index contributed by atoms with van der Waals surface area (Å²) in [6, 6.07) is 8.66. The molecule has 0 unspecified atom stereocenters. The predicted molar refractivity (Wildman–Crippen MR) is 68.0 cm³/mol. The largest absolute Gasteiger partial charge is 0.368 e. The van der Waals surface area contributed by atoms with Crippen molar-refractivity contribution < 1.29 is 0 Å². The van der Waals surface area contributed by atoms with E-state index in [1.54, 1.807) is 0 Å². The van der Waals surface area contributed by atoms with Gasteiger partial charge in [-0.25, -0.2) is 0 Å². The molecule has 3 nitrogen and oxygen atoms in total. The summed E-state index contributed by atoms with van der Waals surface area (Å²) >= 11 is 0. The zero-order chi connectivity index (χ0) is 11.0. The van der Waals surface area contributed by atoms with E-state index < -0.39 is 0 Å². The topological polar surface area (TPSA) is 22.3 Å². The molecule has 0 radical (unpaired) electrons. The van der Waals surface area contributed by atoms with Gasteiger partial charge in [0.25, 0.3) is 0 Å². The molecule has 1 aliphatic rings. The molecular formula is C13H17N3. The van der Waals surface area contributed by atoms with Crippen LogP contribution in [0.15, 0.2) is 30.5 Å². The minimum Gasteiger partial charge on any atom is -0.368 e. The van der Waals surface area contributed by atoms with Crippen LogP contribution in [0.2, 0.25) is 0 Å². The fourth-order valence-electron chi connectivity index (χ4n) is 2.39. The number of piperazine rings is 1. The number of hydrogen-bond donors (Lipinski definition) is 1. The number of rotatable bonds is 1. The summed E-state index contributed by atoms with van der Waals surface area (Å²) in [4.78, 5) is 8.14. The number of benzene rings is 1. The van der Waals surface area contributed by atoms with Gasteiger partial charge in [-0.2, -0.15) is 0 Å². The van der Waals surface area contributed by atoms with E-state index >= 15 is 0 Å². The van der Waals surface area contributed by atoms with Crippen LogP contribution in [-0.4, -0.2) is 43.1 Å². The molecule has 0 bridgehead atoms. The van der Waals surface area contributed by atoms with Gasteiger partial charge in [-0.15, -0.1) is 0 Å². The molecule has 0 aliphatic carbocycles. The maximum absolute atomic E-state index is 3.27. The summed E-state index contributed by atoms with van der Waals surface area (Å²) in [7, 11) is 2.19. The van der Waals surface area contributed by atoms with E-state index in [0.717, 1.165) is 26.2 Å². The first kappa shape index (κ1) is 9.73. The van der Waals surface area contributed by atoms with Crippen LogP contribution in [-0.2, 0) is 0 Å². The van der Waals surface area contributed by atoms with E-state index in [4.69, 9.17) is 0 Å². The third kappa shape index (κ3) is 1.57. The first-order valence-corrected chi connectivity index (χ1v) is 5.84. The number of anilines is 1. The fourth-order valence-corrected chi connectivity index (χ4v) is 2.39. The van der Waals surface area contributed by atoms with E-state index in [9.17, 15) is 0 Å². The summed E-state index contributed by atoms with van der Waals surface area (Å²) in [6.45, 7) is 4.56. The van der Waals surface area contributed by atoms with E-state index in [1.165, 1.54) is 16.6 Å². The summed E-state index contributed by atoms with van der Waals surface area (Å²) in [5.74, 6) is 0. The third-order valence-corrected chi connectivity index (χ3v) is 3.42. The fraction of sp³-hybridized carbons (Fsp3) is 0.385. The molecule has 0 spiro atoms. The van der Waals surface area contributed by atoms with Gasteiger partial charge < -0.3 is 14.8 Å². The van der Waals surface area contributed by atoms with Crippen LogP contribution in [0.3, 0.4) is 0 Å². The Kier molecular flexibility index (Phi) is 2.33. The third-order valence-electron chi connectivity index (χ3n) is 3.42. The molecule has 0 atom stereocenters. The SMILES string of the molecule is CN1CCN(c2cccc3[nH]ccc23)CC1. The molecule has 1 N–H and O–H groups in total. The molecule has 2 heterocycles. The van der Waals surface area contributed by atoms with Gasteiger partial charge in [-0.1, -0.05) is 6.07 Å². The molecule has 3 heteroatoms. The van der Waals surface area contributed by atoms with E-state index in [2.05, 4.69) is 46.1 Å². The van der Waals surface area contributed by atoms with Gasteiger partial charge >= 0.3 is 0 Å². The van der Waals surface area contributed by atoms with Crippen molar-refractivity contribution in [3.05, 3.63) is 30.5 Å².